The second-order valence-electron chi connectivity index (χ2n) is 5.31. The number of hydrogen-bond acceptors (Lipinski definition) is 2. The first-order valence-electron chi connectivity index (χ1n) is 7.03. The van der Waals surface area contributed by atoms with E-state index in [1.807, 2.05) is 0 Å². The maximum Gasteiger partial charge on any atom is 0.416 e. The number of imide groups is 1. The van der Waals surface area contributed by atoms with Gasteiger partial charge in [0.15, 0.2) is 0 Å². The van der Waals surface area contributed by atoms with Gasteiger partial charge < -0.3 is 5.32 Å². The molecule has 4 nitrogen and oxygen atoms in total. The number of urea groups is 1. The van der Waals surface area contributed by atoms with Gasteiger partial charge in [-0.15, -0.1) is 0 Å². The highest BCUT2D eigenvalue weighted by Crippen LogP contribution is 2.31. The second kappa shape index (κ2) is 5.62. The third-order valence-corrected chi connectivity index (χ3v) is 4.05. The molecule has 3 amide bonds. The van der Waals surface area contributed by atoms with E-state index in [2.05, 4.69) is 5.32 Å². The average Bonchev–Trinajstić information content (AvgIpc) is 2.71. The molecule has 1 saturated heterocycles. The van der Waals surface area contributed by atoms with E-state index in [1.165, 1.54) is 12.1 Å². The molecular weight excluding hydrogens is 297 g/mol. The standard InChI is InChI=1S/C15H17F3N2O2/c1-3-14(4-2)12(21)20(13(22)19-14)9-10-6-5-7-11(8-10)15(16,17)18/h5-8H,3-4,9H2,1-2H3,(H,19,22). The zero-order valence-corrected chi connectivity index (χ0v) is 12.3. The lowest BCUT2D eigenvalue weighted by Crippen LogP contribution is -2.45. The van der Waals surface area contributed by atoms with Crippen molar-refractivity contribution < 1.29 is 22.8 Å². The fourth-order valence-corrected chi connectivity index (χ4v) is 2.58. The fourth-order valence-electron chi connectivity index (χ4n) is 2.58. The lowest BCUT2D eigenvalue weighted by atomic mass is 9.93. The van der Waals surface area contributed by atoms with Crippen LogP contribution in [0.2, 0.25) is 0 Å². The van der Waals surface area contributed by atoms with Gasteiger partial charge in [-0.05, 0) is 30.5 Å². The first-order chi connectivity index (χ1) is 10.2. The van der Waals surface area contributed by atoms with Crippen LogP contribution in [-0.2, 0) is 17.5 Å². The van der Waals surface area contributed by atoms with Crippen molar-refractivity contribution in [3.05, 3.63) is 35.4 Å². The maximum absolute atomic E-state index is 12.7. The van der Waals surface area contributed by atoms with E-state index in [1.54, 1.807) is 13.8 Å². The van der Waals surface area contributed by atoms with Gasteiger partial charge in [0.2, 0.25) is 0 Å². The van der Waals surface area contributed by atoms with E-state index in [9.17, 15) is 22.8 Å². The van der Waals surface area contributed by atoms with Crippen LogP contribution in [-0.4, -0.2) is 22.4 Å². The zero-order chi connectivity index (χ0) is 16.5. The van der Waals surface area contributed by atoms with Crippen LogP contribution in [0.1, 0.15) is 37.8 Å². The van der Waals surface area contributed by atoms with E-state index in [0.717, 1.165) is 17.0 Å². The Morgan fingerprint density at radius 3 is 2.32 bits per heavy atom. The predicted molar refractivity (Wildman–Crippen MR) is 73.8 cm³/mol. The molecule has 0 saturated carbocycles. The molecule has 1 aromatic rings. The van der Waals surface area contributed by atoms with Gasteiger partial charge in [-0.3, -0.25) is 9.69 Å². The highest BCUT2D eigenvalue weighted by Gasteiger charge is 2.48. The minimum atomic E-state index is -4.45. The number of alkyl halides is 3. The number of amides is 3. The second-order valence-corrected chi connectivity index (χ2v) is 5.31. The van der Waals surface area contributed by atoms with Crippen LogP contribution in [0.5, 0.6) is 0 Å². The molecule has 1 aliphatic rings. The summed E-state index contributed by atoms with van der Waals surface area (Å²) in [5, 5.41) is 2.65. The fraction of sp³-hybridized carbons (Fsp3) is 0.467. The molecule has 0 atom stereocenters. The van der Waals surface area contributed by atoms with Crippen LogP contribution in [0.3, 0.4) is 0 Å². The number of benzene rings is 1. The van der Waals surface area contributed by atoms with Crippen molar-refractivity contribution in [2.24, 2.45) is 0 Å². The lowest BCUT2D eigenvalue weighted by molar-refractivity contribution is -0.137. The number of carbonyl (C=O) groups is 2. The first kappa shape index (κ1) is 16.3. The van der Waals surface area contributed by atoms with Gasteiger partial charge in [0.05, 0.1) is 12.1 Å². The molecule has 1 fully saturated rings. The Hall–Kier alpha value is -2.05. The SMILES string of the molecule is CCC1(CC)NC(=O)N(Cc2cccc(C(F)(F)F)c2)C1=O. The number of halogens is 3. The van der Waals surface area contributed by atoms with Gasteiger partial charge in [-0.1, -0.05) is 26.0 Å². The molecule has 0 aromatic heterocycles. The van der Waals surface area contributed by atoms with Crippen molar-refractivity contribution >= 4 is 11.9 Å². The summed E-state index contributed by atoms with van der Waals surface area (Å²) in [6.07, 6.45) is -3.58. The predicted octanol–water partition coefficient (Wildman–Crippen LogP) is 3.32. The van der Waals surface area contributed by atoms with Crippen molar-refractivity contribution in [2.45, 2.75) is 44.9 Å². The van der Waals surface area contributed by atoms with E-state index < -0.39 is 23.3 Å². The Morgan fingerprint density at radius 2 is 1.82 bits per heavy atom. The highest BCUT2D eigenvalue weighted by atomic mass is 19.4. The van der Waals surface area contributed by atoms with Crippen molar-refractivity contribution in [3.63, 3.8) is 0 Å². The third kappa shape index (κ3) is 2.80. The summed E-state index contributed by atoms with van der Waals surface area (Å²) in [5.41, 5.74) is -1.48. The molecule has 2 rings (SSSR count). The Balaban J connectivity index is 2.25. The Bertz CT molecular complexity index is 595. The van der Waals surface area contributed by atoms with Crippen molar-refractivity contribution in [1.29, 1.82) is 0 Å². The summed E-state index contributed by atoms with van der Waals surface area (Å²) in [6.45, 7) is 3.40. The minimum Gasteiger partial charge on any atom is -0.323 e. The molecule has 22 heavy (non-hydrogen) atoms. The molecule has 1 aliphatic heterocycles. The first-order valence-corrected chi connectivity index (χ1v) is 7.03. The average molecular weight is 314 g/mol. The van der Waals surface area contributed by atoms with E-state index in [4.69, 9.17) is 0 Å². The maximum atomic E-state index is 12.7. The van der Waals surface area contributed by atoms with E-state index in [0.29, 0.717) is 12.8 Å². The van der Waals surface area contributed by atoms with Gasteiger partial charge in [-0.25, -0.2) is 4.79 Å². The van der Waals surface area contributed by atoms with Crippen LogP contribution in [0.25, 0.3) is 0 Å². The van der Waals surface area contributed by atoms with Gasteiger partial charge >= 0.3 is 12.2 Å². The number of rotatable bonds is 4. The van der Waals surface area contributed by atoms with E-state index >= 15 is 0 Å². The summed E-state index contributed by atoms with van der Waals surface area (Å²) < 4.78 is 38.1. The van der Waals surface area contributed by atoms with Gasteiger partial charge in [-0.2, -0.15) is 13.2 Å². The summed E-state index contributed by atoms with van der Waals surface area (Å²) >= 11 is 0. The zero-order valence-electron chi connectivity index (χ0n) is 12.3. The quantitative estimate of drug-likeness (QED) is 0.867. The number of carbonyl (C=O) groups excluding carboxylic acids is 2. The number of nitrogens with zero attached hydrogens (tertiary/aromatic N) is 1. The summed E-state index contributed by atoms with van der Waals surface area (Å²) in [4.78, 5) is 25.4. The van der Waals surface area contributed by atoms with Gasteiger partial charge in [0.25, 0.3) is 5.91 Å². The van der Waals surface area contributed by atoms with E-state index in [-0.39, 0.29) is 18.0 Å². The molecule has 0 unspecified atom stereocenters. The Labute approximate surface area is 126 Å². The Kier molecular flexibility index (Phi) is 4.17. The van der Waals surface area contributed by atoms with Crippen LogP contribution in [0.15, 0.2) is 24.3 Å². The van der Waals surface area contributed by atoms with Gasteiger partial charge in [0, 0.05) is 0 Å². The van der Waals surface area contributed by atoms with Gasteiger partial charge in [0.1, 0.15) is 5.54 Å². The molecule has 0 bridgehead atoms. The van der Waals surface area contributed by atoms with Crippen molar-refractivity contribution in [1.82, 2.24) is 10.2 Å². The van der Waals surface area contributed by atoms with Crippen LogP contribution < -0.4 is 5.32 Å². The largest absolute Gasteiger partial charge is 0.416 e. The smallest absolute Gasteiger partial charge is 0.323 e. The van der Waals surface area contributed by atoms with Crippen molar-refractivity contribution in [3.8, 4) is 0 Å². The number of nitrogens with one attached hydrogen (secondary N) is 1. The Morgan fingerprint density at radius 1 is 1.18 bits per heavy atom. The normalized spacial score (nSPS) is 17.8. The van der Waals surface area contributed by atoms with Crippen LogP contribution in [0.4, 0.5) is 18.0 Å². The topological polar surface area (TPSA) is 49.4 Å². The highest BCUT2D eigenvalue weighted by molar-refractivity contribution is 6.06. The molecule has 1 heterocycles. The third-order valence-electron chi connectivity index (χ3n) is 4.05. The lowest BCUT2D eigenvalue weighted by Gasteiger charge is -2.23. The molecule has 0 radical (unpaired) electrons. The van der Waals surface area contributed by atoms with Crippen molar-refractivity contribution in [2.75, 3.05) is 0 Å². The summed E-state index contributed by atoms with van der Waals surface area (Å²) in [7, 11) is 0. The van der Waals surface area contributed by atoms with Crippen LogP contribution in [0, 0.1) is 0 Å². The monoisotopic (exact) mass is 314 g/mol. The number of hydrogen-bond donors (Lipinski definition) is 1. The molecular formula is C15H17F3N2O2. The molecule has 7 heteroatoms. The molecule has 1 N–H and O–H groups in total. The molecule has 1 aromatic carbocycles. The summed E-state index contributed by atoms with van der Waals surface area (Å²) in [5.74, 6) is -0.389. The minimum absolute atomic E-state index is 0.170. The molecule has 120 valence electrons. The summed E-state index contributed by atoms with van der Waals surface area (Å²) in [6, 6.07) is 4.08. The molecule has 0 spiro atoms. The van der Waals surface area contributed by atoms with Crippen LogP contribution >= 0.6 is 0 Å². The molecule has 0 aliphatic carbocycles.